The van der Waals surface area contributed by atoms with Crippen molar-refractivity contribution in [3.05, 3.63) is 64.6 Å². The number of aromatic nitrogens is 3. The molecule has 2 amide bonds. The number of aliphatic hydroxyl groups is 1. The summed E-state index contributed by atoms with van der Waals surface area (Å²) < 4.78 is 41.3. The summed E-state index contributed by atoms with van der Waals surface area (Å²) in [6, 6.07) is 8.81. The third-order valence-corrected chi connectivity index (χ3v) is 4.66. The van der Waals surface area contributed by atoms with E-state index in [1.807, 2.05) is 0 Å². The molecular weight excluding hydrogens is 449 g/mol. The third kappa shape index (κ3) is 5.68. The molecule has 1 aromatic carbocycles. The van der Waals surface area contributed by atoms with Crippen molar-refractivity contribution in [2.45, 2.75) is 19.6 Å². The van der Waals surface area contributed by atoms with Gasteiger partial charge in [0.25, 0.3) is 0 Å². The van der Waals surface area contributed by atoms with E-state index in [9.17, 15) is 18.0 Å². The quantitative estimate of drug-likeness (QED) is 0.420. The Morgan fingerprint density at radius 2 is 2.03 bits per heavy atom. The minimum Gasteiger partial charge on any atom is -0.395 e. The first-order valence-corrected chi connectivity index (χ1v) is 9.84. The first-order valence-electron chi connectivity index (χ1n) is 9.46. The van der Waals surface area contributed by atoms with Gasteiger partial charge in [-0.15, -0.1) is 0 Å². The van der Waals surface area contributed by atoms with Crippen LogP contribution in [-0.2, 0) is 12.7 Å². The summed E-state index contributed by atoms with van der Waals surface area (Å²) >= 11 is 5.97. The van der Waals surface area contributed by atoms with E-state index < -0.39 is 17.9 Å². The molecule has 0 fully saturated rings. The van der Waals surface area contributed by atoms with E-state index in [0.717, 1.165) is 4.68 Å². The molecule has 170 valence electrons. The van der Waals surface area contributed by atoms with E-state index >= 15 is 0 Å². The molecule has 0 aliphatic heterocycles. The topological polar surface area (TPSA) is 104 Å². The van der Waals surface area contributed by atoms with Gasteiger partial charge in [0.2, 0.25) is 0 Å². The summed E-state index contributed by atoms with van der Waals surface area (Å²) in [6.07, 6.45) is -3.25. The van der Waals surface area contributed by atoms with Crippen LogP contribution in [0.3, 0.4) is 0 Å². The maximum Gasteiger partial charge on any atom is 0.435 e. The Morgan fingerprint density at radius 3 is 2.66 bits per heavy atom. The zero-order chi connectivity index (χ0) is 23.3. The zero-order valence-electron chi connectivity index (χ0n) is 16.9. The number of alkyl halides is 3. The van der Waals surface area contributed by atoms with Gasteiger partial charge in [-0.05, 0) is 37.3 Å². The van der Waals surface area contributed by atoms with E-state index in [2.05, 4.69) is 26.0 Å². The van der Waals surface area contributed by atoms with E-state index in [-0.39, 0.29) is 24.4 Å². The summed E-state index contributed by atoms with van der Waals surface area (Å²) in [7, 11) is 0. The number of nitrogens with zero attached hydrogens (tertiary/aromatic N) is 3. The number of halogens is 4. The van der Waals surface area contributed by atoms with Gasteiger partial charge in [-0.25, -0.2) is 14.5 Å². The van der Waals surface area contributed by atoms with Gasteiger partial charge in [-0.1, -0.05) is 17.7 Å². The molecule has 12 heteroatoms. The molecule has 0 aliphatic rings. The Labute approximate surface area is 186 Å². The molecule has 2 aromatic heterocycles. The monoisotopic (exact) mass is 468 g/mol. The van der Waals surface area contributed by atoms with Crippen molar-refractivity contribution in [2.24, 2.45) is 0 Å². The molecule has 0 atom stereocenters. The van der Waals surface area contributed by atoms with Gasteiger partial charge in [-0.2, -0.15) is 18.3 Å². The number of amides is 2. The number of pyridine rings is 1. The van der Waals surface area contributed by atoms with Gasteiger partial charge < -0.3 is 21.1 Å². The highest BCUT2D eigenvalue weighted by atomic mass is 35.5. The van der Waals surface area contributed by atoms with Crippen molar-refractivity contribution < 1.29 is 23.1 Å². The summed E-state index contributed by atoms with van der Waals surface area (Å²) in [5, 5.41) is 20.8. The Hall–Kier alpha value is -3.31. The fraction of sp³-hybridized carbons (Fsp3) is 0.250. The number of aliphatic hydroxyl groups excluding tert-OH is 1. The third-order valence-electron chi connectivity index (χ3n) is 4.42. The van der Waals surface area contributed by atoms with Crippen LogP contribution in [0.15, 0.2) is 42.6 Å². The lowest BCUT2D eigenvalue weighted by molar-refractivity contribution is -0.141. The molecule has 8 nitrogen and oxygen atoms in total. The van der Waals surface area contributed by atoms with Gasteiger partial charge in [0, 0.05) is 17.1 Å². The lowest BCUT2D eigenvalue weighted by Crippen LogP contribution is -2.29. The first kappa shape index (κ1) is 23.4. The van der Waals surface area contributed by atoms with Crippen LogP contribution < -0.4 is 16.0 Å². The SMILES string of the molecule is Cc1c(C(F)(F)F)nn(-c2cccc(Cl)c2)c1CNC(=O)Nc1ccc(NCCO)nc1. The molecular formula is C20H20ClF3N6O2. The van der Waals surface area contributed by atoms with Crippen molar-refractivity contribution in [2.75, 3.05) is 23.8 Å². The molecule has 3 aromatic rings. The number of urea groups is 1. The van der Waals surface area contributed by atoms with Crippen molar-refractivity contribution in [1.82, 2.24) is 20.1 Å². The van der Waals surface area contributed by atoms with Gasteiger partial charge in [0.1, 0.15) is 5.82 Å². The van der Waals surface area contributed by atoms with Crippen LogP contribution >= 0.6 is 11.6 Å². The highest BCUT2D eigenvalue weighted by Crippen LogP contribution is 2.33. The highest BCUT2D eigenvalue weighted by Gasteiger charge is 2.38. The molecule has 0 spiro atoms. The average Bonchev–Trinajstić information content (AvgIpc) is 3.08. The lowest BCUT2D eigenvalue weighted by Gasteiger charge is -2.11. The first-order chi connectivity index (χ1) is 15.2. The lowest BCUT2D eigenvalue weighted by atomic mass is 10.2. The molecule has 0 aliphatic carbocycles. The number of benzene rings is 1. The van der Waals surface area contributed by atoms with E-state index in [0.29, 0.717) is 28.8 Å². The van der Waals surface area contributed by atoms with Crippen LogP contribution in [-0.4, -0.2) is 39.1 Å². The fourth-order valence-corrected chi connectivity index (χ4v) is 3.11. The van der Waals surface area contributed by atoms with E-state index in [1.165, 1.54) is 19.2 Å². The molecule has 0 unspecified atom stereocenters. The molecule has 0 bridgehead atoms. The number of hydrogen-bond acceptors (Lipinski definition) is 5. The minimum atomic E-state index is -4.65. The number of carbonyl (C=O) groups excluding carboxylic acids is 1. The number of carbonyl (C=O) groups is 1. The zero-order valence-corrected chi connectivity index (χ0v) is 17.6. The maximum absolute atomic E-state index is 13.4. The Kier molecular flexibility index (Phi) is 7.21. The van der Waals surface area contributed by atoms with Crippen LogP contribution in [0.1, 0.15) is 17.0 Å². The van der Waals surface area contributed by atoms with Crippen molar-refractivity contribution in [1.29, 1.82) is 0 Å². The second-order valence-corrected chi connectivity index (χ2v) is 7.14. The number of nitrogens with one attached hydrogen (secondary N) is 3. The molecule has 4 N–H and O–H groups in total. The normalized spacial score (nSPS) is 11.3. The smallest absolute Gasteiger partial charge is 0.395 e. The second kappa shape index (κ2) is 9.88. The number of hydrogen-bond donors (Lipinski definition) is 4. The van der Waals surface area contributed by atoms with Crippen molar-refractivity contribution in [3.8, 4) is 5.69 Å². The van der Waals surface area contributed by atoms with Crippen LogP contribution in [0.25, 0.3) is 5.69 Å². The van der Waals surface area contributed by atoms with Crippen LogP contribution in [0.5, 0.6) is 0 Å². The summed E-state index contributed by atoms with van der Waals surface area (Å²) in [5.41, 5.74) is -0.253. The predicted molar refractivity (Wildman–Crippen MR) is 114 cm³/mol. The summed E-state index contributed by atoms with van der Waals surface area (Å²) in [6.45, 7) is 1.37. The predicted octanol–water partition coefficient (Wildman–Crippen LogP) is 3.97. The second-order valence-electron chi connectivity index (χ2n) is 6.70. The van der Waals surface area contributed by atoms with Crippen LogP contribution in [0, 0.1) is 6.92 Å². The fourth-order valence-electron chi connectivity index (χ4n) is 2.92. The molecule has 0 saturated carbocycles. The van der Waals surface area contributed by atoms with Gasteiger partial charge in [-0.3, -0.25) is 0 Å². The van der Waals surface area contributed by atoms with E-state index in [1.54, 1.807) is 30.3 Å². The number of rotatable bonds is 7. The largest absolute Gasteiger partial charge is 0.435 e. The van der Waals surface area contributed by atoms with Crippen molar-refractivity contribution in [3.63, 3.8) is 0 Å². The Morgan fingerprint density at radius 1 is 1.25 bits per heavy atom. The molecule has 32 heavy (non-hydrogen) atoms. The maximum atomic E-state index is 13.4. The van der Waals surface area contributed by atoms with Crippen molar-refractivity contribution >= 4 is 29.1 Å². The van der Waals surface area contributed by atoms with Crippen LogP contribution in [0.4, 0.5) is 29.5 Å². The number of anilines is 2. The highest BCUT2D eigenvalue weighted by molar-refractivity contribution is 6.30. The van der Waals surface area contributed by atoms with Gasteiger partial charge >= 0.3 is 12.2 Å². The molecule has 3 rings (SSSR count). The average molecular weight is 469 g/mol. The summed E-state index contributed by atoms with van der Waals surface area (Å²) in [5.74, 6) is 0.519. The molecule has 0 saturated heterocycles. The van der Waals surface area contributed by atoms with E-state index in [4.69, 9.17) is 16.7 Å². The molecule has 0 radical (unpaired) electrons. The molecule has 2 heterocycles. The summed E-state index contributed by atoms with van der Waals surface area (Å²) in [4.78, 5) is 16.4. The van der Waals surface area contributed by atoms with Gasteiger partial charge in [0.15, 0.2) is 5.69 Å². The Balaban J connectivity index is 1.76. The van der Waals surface area contributed by atoms with Crippen LogP contribution in [0.2, 0.25) is 5.02 Å². The Bertz CT molecular complexity index is 1090. The minimum absolute atomic E-state index is 0.0503. The van der Waals surface area contributed by atoms with Gasteiger partial charge in [0.05, 0.1) is 36.4 Å². The standard InChI is InChI=1S/C20H20ClF3N6O2/c1-12-16(11-27-19(32)28-14-5-6-17(26-10-14)25-7-8-31)30(29-18(12)20(22,23)24)15-4-2-3-13(21)9-15/h2-6,9-10,31H,7-8,11H2,1H3,(H,25,26)(H2,27,28,32).